The van der Waals surface area contributed by atoms with Gasteiger partial charge in [0.05, 0.1) is 13.7 Å². The molecule has 0 aliphatic heterocycles. The van der Waals surface area contributed by atoms with Crippen molar-refractivity contribution in [2.45, 2.75) is 19.9 Å². The molecule has 1 unspecified atom stereocenters. The fourth-order valence-corrected chi connectivity index (χ4v) is 2.71. The van der Waals surface area contributed by atoms with E-state index >= 15 is 0 Å². The van der Waals surface area contributed by atoms with Crippen LogP contribution in [0.15, 0.2) is 54.6 Å². The molecule has 0 heterocycles. The van der Waals surface area contributed by atoms with E-state index < -0.39 is 0 Å². The van der Waals surface area contributed by atoms with Gasteiger partial charge < -0.3 is 9.64 Å². The zero-order valence-electron chi connectivity index (χ0n) is 14.9. The third-order valence-electron chi connectivity index (χ3n) is 4.39. The van der Waals surface area contributed by atoms with Gasteiger partial charge in [-0.25, -0.2) is 0 Å². The number of nitrogens with zero attached hydrogens (tertiary/aromatic N) is 2. The van der Waals surface area contributed by atoms with Gasteiger partial charge in [0.15, 0.2) is 0 Å². The summed E-state index contributed by atoms with van der Waals surface area (Å²) in [5.41, 5.74) is 2.05. The molecule has 4 nitrogen and oxygen atoms in total. The number of para-hydroxylation sites is 1. The Hall–Kier alpha value is -2.33. The van der Waals surface area contributed by atoms with Gasteiger partial charge in [0.2, 0.25) is 5.91 Å². The molecule has 128 valence electrons. The van der Waals surface area contributed by atoms with Crippen molar-refractivity contribution in [1.82, 2.24) is 4.90 Å². The van der Waals surface area contributed by atoms with Crippen LogP contribution >= 0.6 is 0 Å². The Morgan fingerprint density at radius 2 is 1.83 bits per heavy atom. The van der Waals surface area contributed by atoms with Crippen LogP contribution in [0.4, 0.5) is 5.69 Å². The van der Waals surface area contributed by atoms with Crippen LogP contribution in [0.1, 0.15) is 25.5 Å². The number of methoxy groups -OCH3 is 1. The molecule has 4 heteroatoms. The molecule has 0 saturated carbocycles. The van der Waals surface area contributed by atoms with E-state index in [9.17, 15) is 4.79 Å². The summed E-state index contributed by atoms with van der Waals surface area (Å²) in [5, 5.41) is 0. The van der Waals surface area contributed by atoms with Gasteiger partial charge in [-0.15, -0.1) is 0 Å². The molecule has 0 aliphatic carbocycles. The number of hydrogen-bond acceptors (Lipinski definition) is 3. The summed E-state index contributed by atoms with van der Waals surface area (Å²) < 4.78 is 5.30. The van der Waals surface area contributed by atoms with Crippen LogP contribution in [-0.2, 0) is 4.79 Å². The molecule has 0 bridgehead atoms. The van der Waals surface area contributed by atoms with Crippen LogP contribution in [0.5, 0.6) is 5.75 Å². The van der Waals surface area contributed by atoms with Crippen molar-refractivity contribution in [3.63, 3.8) is 0 Å². The van der Waals surface area contributed by atoms with E-state index in [2.05, 4.69) is 24.8 Å². The van der Waals surface area contributed by atoms with Gasteiger partial charge >= 0.3 is 0 Å². The van der Waals surface area contributed by atoms with Crippen LogP contribution in [0.3, 0.4) is 0 Å². The summed E-state index contributed by atoms with van der Waals surface area (Å²) in [6, 6.07) is 17.9. The third kappa shape index (κ3) is 4.36. The quantitative estimate of drug-likeness (QED) is 0.777. The topological polar surface area (TPSA) is 32.8 Å². The molecule has 0 N–H and O–H groups in total. The maximum atomic E-state index is 12.6. The number of hydrogen-bond donors (Lipinski definition) is 0. The molecule has 0 saturated heterocycles. The smallest absolute Gasteiger partial charge is 0.240 e. The molecule has 24 heavy (non-hydrogen) atoms. The number of amides is 1. The molecule has 0 aromatic heterocycles. The molecule has 0 aliphatic rings. The van der Waals surface area contributed by atoms with Gasteiger partial charge in [0.25, 0.3) is 0 Å². The van der Waals surface area contributed by atoms with E-state index in [4.69, 9.17) is 4.74 Å². The van der Waals surface area contributed by atoms with Gasteiger partial charge in [-0.1, -0.05) is 37.3 Å². The Labute approximate surface area is 144 Å². The van der Waals surface area contributed by atoms with Crippen LogP contribution in [0, 0.1) is 0 Å². The predicted octanol–water partition coefficient (Wildman–Crippen LogP) is 3.74. The van der Waals surface area contributed by atoms with Gasteiger partial charge in [0, 0.05) is 18.8 Å². The summed E-state index contributed by atoms with van der Waals surface area (Å²) >= 11 is 0. The highest BCUT2D eigenvalue weighted by atomic mass is 16.5. The molecule has 2 aromatic rings. The lowest BCUT2D eigenvalue weighted by molar-refractivity contribution is -0.119. The Kier molecular flexibility index (Phi) is 6.38. The fraction of sp³-hybridized carbons (Fsp3) is 0.350. The Balaban J connectivity index is 2.09. The first kappa shape index (κ1) is 18.0. The number of carbonyl (C=O) groups excluding carboxylic acids is 1. The lowest BCUT2D eigenvalue weighted by Gasteiger charge is -2.29. The first-order valence-corrected chi connectivity index (χ1v) is 8.26. The summed E-state index contributed by atoms with van der Waals surface area (Å²) in [7, 11) is 3.49. The molecule has 2 aromatic carbocycles. The van der Waals surface area contributed by atoms with E-state index in [1.54, 1.807) is 12.0 Å². The highest BCUT2D eigenvalue weighted by Gasteiger charge is 2.20. The molecule has 1 amide bonds. The lowest BCUT2D eigenvalue weighted by Crippen LogP contribution is -2.39. The zero-order valence-corrected chi connectivity index (χ0v) is 14.9. The minimum Gasteiger partial charge on any atom is -0.497 e. The maximum Gasteiger partial charge on any atom is 0.240 e. The second kappa shape index (κ2) is 8.50. The van der Waals surface area contributed by atoms with Gasteiger partial charge in [0.1, 0.15) is 5.75 Å². The fourth-order valence-electron chi connectivity index (χ4n) is 2.71. The molecule has 2 rings (SSSR count). The minimum absolute atomic E-state index is 0.0813. The Morgan fingerprint density at radius 3 is 2.46 bits per heavy atom. The maximum absolute atomic E-state index is 12.6. The Morgan fingerprint density at radius 1 is 1.12 bits per heavy atom. The normalized spacial score (nSPS) is 12.0. The lowest BCUT2D eigenvalue weighted by atomic mass is 10.1. The monoisotopic (exact) mass is 326 g/mol. The average Bonchev–Trinajstić information content (AvgIpc) is 2.65. The van der Waals surface area contributed by atoms with E-state index in [0.717, 1.165) is 23.5 Å². The second-order valence-electron chi connectivity index (χ2n) is 5.80. The van der Waals surface area contributed by atoms with Gasteiger partial charge in [-0.3, -0.25) is 9.69 Å². The summed E-state index contributed by atoms with van der Waals surface area (Å²) in [5.74, 6) is 0.918. The molecule has 0 spiro atoms. The SMILES string of the molecule is CCN(CC(=O)N(C)c1ccccc1)C(C)c1cccc(OC)c1. The van der Waals surface area contributed by atoms with Gasteiger partial charge in [-0.05, 0) is 43.3 Å². The van der Waals surface area contributed by atoms with Gasteiger partial charge in [-0.2, -0.15) is 0 Å². The highest BCUT2D eigenvalue weighted by Crippen LogP contribution is 2.24. The molecule has 1 atom stereocenters. The zero-order chi connectivity index (χ0) is 17.5. The average molecular weight is 326 g/mol. The minimum atomic E-state index is 0.0813. The highest BCUT2D eigenvalue weighted by molar-refractivity contribution is 5.94. The number of anilines is 1. The molecule has 0 fully saturated rings. The van der Waals surface area contributed by atoms with Crippen molar-refractivity contribution >= 4 is 11.6 Å². The number of benzene rings is 2. The van der Waals surface area contributed by atoms with Crippen LogP contribution in [0.2, 0.25) is 0 Å². The first-order chi connectivity index (χ1) is 11.6. The van der Waals surface area contributed by atoms with Crippen LogP contribution < -0.4 is 9.64 Å². The largest absolute Gasteiger partial charge is 0.497 e. The number of rotatable bonds is 7. The van der Waals surface area contributed by atoms with E-state index in [-0.39, 0.29) is 11.9 Å². The first-order valence-electron chi connectivity index (χ1n) is 8.26. The molecular formula is C20H26N2O2. The third-order valence-corrected chi connectivity index (χ3v) is 4.39. The standard InChI is InChI=1S/C20H26N2O2/c1-5-22(16(2)17-10-9-13-19(14-17)24-4)15-20(23)21(3)18-11-7-6-8-12-18/h6-14,16H,5,15H2,1-4H3. The van der Waals surface area contributed by atoms with E-state index in [1.807, 2.05) is 55.6 Å². The molecule has 0 radical (unpaired) electrons. The molecular weight excluding hydrogens is 300 g/mol. The van der Waals surface area contributed by atoms with Crippen LogP contribution in [-0.4, -0.2) is 38.1 Å². The van der Waals surface area contributed by atoms with Crippen molar-refractivity contribution in [2.75, 3.05) is 32.1 Å². The number of carbonyl (C=O) groups is 1. The van der Waals surface area contributed by atoms with Crippen molar-refractivity contribution in [2.24, 2.45) is 0 Å². The van der Waals surface area contributed by atoms with Crippen molar-refractivity contribution < 1.29 is 9.53 Å². The predicted molar refractivity (Wildman–Crippen MR) is 98.5 cm³/mol. The van der Waals surface area contributed by atoms with Crippen molar-refractivity contribution in [1.29, 1.82) is 0 Å². The van der Waals surface area contributed by atoms with Crippen molar-refractivity contribution in [3.8, 4) is 5.75 Å². The van der Waals surface area contributed by atoms with E-state index in [0.29, 0.717) is 6.54 Å². The summed E-state index contributed by atoms with van der Waals surface area (Å²) in [4.78, 5) is 16.5. The van der Waals surface area contributed by atoms with Crippen molar-refractivity contribution in [3.05, 3.63) is 60.2 Å². The summed E-state index contributed by atoms with van der Waals surface area (Å²) in [6.45, 7) is 5.37. The number of likely N-dealkylation sites (N-methyl/N-ethyl adjacent to an activating group) is 2. The summed E-state index contributed by atoms with van der Waals surface area (Å²) in [6.07, 6.45) is 0. The second-order valence-corrected chi connectivity index (χ2v) is 5.80. The Bertz CT molecular complexity index is 658. The van der Waals surface area contributed by atoms with E-state index in [1.165, 1.54) is 0 Å². The van der Waals surface area contributed by atoms with Crippen LogP contribution in [0.25, 0.3) is 0 Å². The number of ether oxygens (including phenoxy) is 1.